The minimum absolute atomic E-state index is 0.118. The molecule has 2 aromatic rings. The number of hydrogen-bond donors (Lipinski definition) is 2. The van der Waals surface area contributed by atoms with Crippen molar-refractivity contribution in [2.75, 3.05) is 32.5 Å². The number of fused-ring (bicyclic) bond motifs is 1. The predicted octanol–water partition coefficient (Wildman–Crippen LogP) is 2.44. The third kappa shape index (κ3) is 5.23. The second-order valence-electron chi connectivity index (χ2n) is 10.7. The van der Waals surface area contributed by atoms with Crippen molar-refractivity contribution in [1.29, 1.82) is 0 Å². The molecule has 11 heteroatoms. The van der Waals surface area contributed by atoms with Gasteiger partial charge in [0.25, 0.3) is 5.91 Å². The lowest BCUT2D eigenvalue weighted by molar-refractivity contribution is -0.140. The minimum atomic E-state index is -0.975. The summed E-state index contributed by atoms with van der Waals surface area (Å²) in [4.78, 5) is 55.9. The van der Waals surface area contributed by atoms with Crippen molar-refractivity contribution in [1.82, 2.24) is 20.0 Å². The average molecular weight is 540 g/mol. The Morgan fingerprint density at radius 3 is 2.44 bits per heavy atom. The van der Waals surface area contributed by atoms with Gasteiger partial charge in [-0.2, -0.15) is 0 Å². The maximum Gasteiger partial charge on any atom is 0.324 e. The SMILES string of the molecule is CN1CCCCC1C(=O)N(CC(=O)Nc1ccc2c(c1)CC1(C2)C(=O)NC(=O)N1C)Cc1cc(F)cc(F)c1. The van der Waals surface area contributed by atoms with Gasteiger partial charge in [0.05, 0.1) is 6.04 Å². The first-order valence-corrected chi connectivity index (χ1v) is 13.0. The van der Waals surface area contributed by atoms with Crippen molar-refractivity contribution in [3.8, 4) is 0 Å². The number of halogens is 2. The van der Waals surface area contributed by atoms with E-state index in [0.717, 1.165) is 48.7 Å². The number of anilines is 1. The van der Waals surface area contributed by atoms with Crippen LogP contribution >= 0.6 is 0 Å². The number of amides is 5. The van der Waals surface area contributed by atoms with Gasteiger partial charge < -0.3 is 15.1 Å². The average Bonchev–Trinajstić information content (AvgIpc) is 3.35. The van der Waals surface area contributed by atoms with E-state index < -0.39 is 35.2 Å². The molecular weight excluding hydrogens is 508 g/mol. The molecule has 0 bridgehead atoms. The van der Waals surface area contributed by atoms with Crippen molar-refractivity contribution < 1.29 is 28.0 Å². The van der Waals surface area contributed by atoms with Crippen molar-refractivity contribution >= 4 is 29.4 Å². The summed E-state index contributed by atoms with van der Waals surface area (Å²) in [7, 11) is 3.45. The molecule has 0 saturated carbocycles. The Balaban J connectivity index is 1.32. The summed E-state index contributed by atoms with van der Waals surface area (Å²) in [6.45, 7) is 0.329. The van der Waals surface area contributed by atoms with E-state index in [4.69, 9.17) is 0 Å². The van der Waals surface area contributed by atoms with Gasteiger partial charge >= 0.3 is 6.03 Å². The van der Waals surface area contributed by atoms with Crippen LogP contribution in [0.2, 0.25) is 0 Å². The van der Waals surface area contributed by atoms with E-state index in [0.29, 0.717) is 24.9 Å². The van der Waals surface area contributed by atoms with E-state index in [1.807, 2.05) is 18.0 Å². The zero-order valence-corrected chi connectivity index (χ0v) is 21.9. The summed E-state index contributed by atoms with van der Waals surface area (Å²) in [5.41, 5.74) is 1.52. The number of imide groups is 1. The van der Waals surface area contributed by atoms with Crippen LogP contribution in [0, 0.1) is 11.6 Å². The van der Waals surface area contributed by atoms with Crippen molar-refractivity contribution in [2.24, 2.45) is 0 Å². The molecule has 2 aliphatic heterocycles. The first-order chi connectivity index (χ1) is 18.6. The number of hydrogen-bond acceptors (Lipinski definition) is 5. The summed E-state index contributed by atoms with van der Waals surface area (Å²) in [6, 6.07) is 7.53. The fourth-order valence-corrected chi connectivity index (χ4v) is 5.88. The molecule has 3 aliphatic rings. The van der Waals surface area contributed by atoms with Gasteiger partial charge in [0.1, 0.15) is 23.7 Å². The Morgan fingerprint density at radius 2 is 1.77 bits per heavy atom. The molecule has 5 amide bonds. The molecule has 2 fully saturated rings. The number of urea groups is 1. The lowest BCUT2D eigenvalue weighted by atomic mass is 9.95. The Bertz CT molecular complexity index is 1330. The van der Waals surface area contributed by atoms with E-state index in [9.17, 15) is 28.0 Å². The number of benzene rings is 2. The summed E-state index contributed by atoms with van der Waals surface area (Å²) >= 11 is 0. The van der Waals surface area contributed by atoms with E-state index in [2.05, 4.69) is 10.6 Å². The smallest absolute Gasteiger partial charge is 0.324 e. The van der Waals surface area contributed by atoms with Crippen LogP contribution in [0.5, 0.6) is 0 Å². The first kappa shape index (κ1) is 26.7. The van der Waals surface area contributed by atoms with Gasteiger partial charge in [-0.05, 0) is 67.4 Å². The monoisotopic (exact) mass is 539 g/mol. The van der Waals surface area contributed by atoms with Crippen LogP contribution in [0.3, 0.4) is 0 Å². The molecule has 0 aromatic heterocycles. The van der Waals surface area contributed by atoms with Gasteiger partial charge in [-0.25, -0.2) is 13.6 Å². The molecule has 2 heterocycles. The maximum atomic E-state index is 13.9. The molecule has 2 atom stereocenters. The number of carbonyl (C=O) groups excluding carboxylic acids is 4. The van der Waals surface area contributed by atoms with Gasteiger partial charge in [-0.3, -0.25) is 24.6 Å². The standard InChI is InChI=1S/C28H31F2N5O4/c1-33-8-4-3-5-23(33)25(37)35(15-17-9-20(29)12-21(30)10-17)16-24(36)31-22-7-6-18-13-28(14-19(18)11-22)26(38)32-27(39)34(28)2/h6-7,9-12,23H,3-5,8,13-16H2,1-2H3,(H,31,36)(H,32,38,39). The van der Waals surface area contributed by atoms with E-state index in [-0.39, 0.29) is 30.5 Å². The minimum Gasteiger partial charge on any atom is -0.328 e. The van der Waals surface area contributed by atoms with Gasteiger partial charge in [-0.15, -0.1) is 0 Å². The number of nitrogens with one attached hydrogen (secondary N) is 2. The number of rotatable bonds is 6. The third-order valence-electron chi connectivity index (χ3n) is 8.04. The van der Waals surface area contributed by atoms with Crippen LogP contribution in [-0.2, 0) is 33.8 Å². The van der Waals surface area contributed by atoms with Crippen LogP contribution in [0.4, 0.5) is 19.3 Å². The summed E-state index contributed by atoms with van der Waals surface area (Å²) in [5.74, 6) is -2.58. The number of piperidine rings is 1. The van der Waals surface area contributed by atoms with Gasteiger partial charge in [0.2, 0.25) is 11.8 Å². The highest BCUT2D eigenvalue weighted by atomic mass is 19.1. The fourth-order valence-electron chi connectivity index (χ4n) is 5.88. The molecule has 1 aliphatic carbocycles. The van der Waals surface area contributed by atoms with E-state index in [1.54, 1.807) is 19.2 Å². The summed E-state index contributed by atoms with van der Waals surface area (Å²) < 4.78 is 27.7. The van der Waals surface area contributed by atoms with Crippen molar-refractivity contribution in [3.63, 3.8) is 0 Å². The molecule has 2 saturated heterocycles. The van der Waals surface area contributed by atoms with Crippen LogP contribution < -0.4 is 10.6 Å². The Hall–Kier alpha value is -3.86. The summed E-state index contributed by atoms with van der Waals surface area (Å²) in [5, 5.41) is 5.17. The Morgan fingerprint density at radius 1 is 1.05 bits per heavy atom. The second kappa shape index (κ2) is 10.4. The number of likely N-dealkylation sites (N-methyl/N-ethyl adjacent to an activating group) is 2. The lowest BCUT2D eigenvalue weighted by Gasteiger charge is -2.35. The number of carbonyl (C=O) groups is 4. The van der Waals surface area contributed by atoms with Crippen LogP contribution in [0.15, 0.2) is 36.4 Å². The first-order valence-electron chi connectivity index (χ1n) is 13.0. The lowest BCUT2D eigenvalue weighted by Crippen LogP contribution is -2.50. The van der Waals surface area contributed by atoms with Crippen LogP contribution in [-0.4, -0.2) is 77.2 Å². The van der Waals surface area contributed by atoms with Gasteiger partial charge in [0, 0.05) is 38.2 Å². The number of likely N-dealkylation sites (tertiary alicyclic amines) is 1. The highest BCUT2D eigenvalue weighted by Crippen LogP contribution is 2.38. The van der Waals surface area contributed by atoms with Gasteiger partial charge in [0.15, 0.2) is 0 Å². The maximum absolute atomic E-state index is 13.9. The highest BCUT2D eigenvalue weighted by molar-refractivity contribution is 6.07. The molecule has 0 radical (unpaired) electrons. The highest BCUT2D eigenvalue weighted by Gasteiger charge is 2.54. The number of nitrogens with zero attached hydrogens (tertiary/aromatic N) is 3. The molecule has 1 spiro atoms. The normalized spacial score (nSPS) is 22.7. The second-order valence-corrected chi connectivity index (χ2v) is 10.7. The van der Waals surface area contributed by atoms with Crippen molar-refractivity contribution in [3.05, 3.63) is 64.7 Å². The molecule has 206 valence electrons. The Labute approximate surface area is 225 Å². The molecule has 2 unspecified atom stereocenters. The molecule has 39 heavy (non-hydrogen) atoms. The topological polar surface area (TPSA) is 102 Å². The molecule has 2 N–H and O–H groups in total. The Kier molecular flexibility index (Phi) is 7.11. The quantitative estimate of drug-likeness (QED) is 0.550. The van der Waals surface area contributed by atoms with Gasteiger partial charge in [-0.1, -0.05) is 12.5 Å². The third-order valence-corrected chi connectivity index (χ3v) is 8.04. The summed E-state index contributed by atoms with van der Waals surface area (Å²) in [6.07, 6.45) is 3.20. The molecular formula is C28H31F2N5O4. The van der Waals surface area contributed by atoms with Crippen molar-refractivity contribution in [2.45, 2.75) is 50.2 Å². The molecule has 5 rings (SSSR count). The largest absolute Gasteiger partial charge is 0.328 e. The van der Waals surface area contributed by atoms with E-state index in [1.165, 1.54) is 9.80 Å². The zero-order chi connectivity index (χ0) is 27.9. The molecule has 2 aromatic carbocycles. The fraction of sp³-hybridized carbons (Fsp3) is 0.429. The van der Waals surface area contributed by atoms with Crippen LogP contribution in [0.1, 0.15) is 36.0 Å². The molecule has 9 nitrogen and oxygen atoms in total. The zero-order valence-electron chi connectivity index (χ0n) is 21.9. The predicted molar refractivity (Wildman–Crippen MR) is 139 cm³/mol. The van der Waals surface area contributed by atoms with Crippen LogP contribution in [0.25, 0.3) is 0 Å². The van der Waals surface area contributed by atoms with E-state index >= 15 is 0 Å².